The molecule has 1 heterocycles. The summed E-state index contributed by atoms with van der Waals surface area (Å²) in [4.78, 5) is 16.3. The van der Waals surface area contributed by atoms with Crippen molar-refractivity contribution in [3.8, 4) is 0 Å². The van der Waals surface area contributed by atoms with Crippen molar-refractivity contribution in [1.82, 2.24) is 5.32 Å². The van der Waals surface area contributed by atoms with E-state index in [2.05, 4.69) is 15.5 Å². The maximum absolute atomic E-state index is 12.2. The lowest BCUT2D eigenvalue weighted by molar-refractivity contribution is 0.106. The highest BCUT2D eigenvalue weighted by Gasteiger charge is 2.23. The fraction of sp³-hybridized carbons (Fsp3) is 0.250. The van der Waals surface area contributed by atoms with Gasteiger partial charge in [-0.05, 0) is 18.6 Å². The summed E-state index contributed by atoms with van der Waals surface area (Å²) in [5.74, 6) is -0.134. The third kappa shape index (κ3) is 2.51. The van der Waals surface area contributed by atoms with E-state index in [-0.39, 0.29) is 5.71 Å². The number of nitrogens with zero attached hydrogens (tertiary/aromatic N) is 2. The molecule has 0 amide bonds. The highest BCUT2D eigenvalue weighted by atomic mass is 35.5. The van der Waals surface area contributed by atoms with E-state index >= 15 is 0 Å². The fourth-order valence-corrected chi connectivity index (χ4v) is 1.89. The van der Waals surface area contributed by atoms with Crippen LogP contribution in [0.1, 0.15) is 16.8 Å². The summed E-state index contributed by atoms with van der Waals surface area (Å²) in [5.41, 5.74) is 0.185. The molecule has 0 aliphatic carbocycles. The molecule has 0 saturated heterocycles. The van der Waals surface area contributed by atoms with Crippen molar-refractivity contribution in [2.45, 2.75) is 6.42 Å². The summed E-state index contributed by atoms with van der Waals surface area (Å²) in [6.07, 6.45) is 0.891. The number of ketones is 1. The second-order valence-corrected chi connectivity index (χ2v) is 4.18. The van der Waals surface area contributed by atoms with Crippen molar-refractivity contribution in [3.63, 3.8) is 0 Å². The van der Waals surface area contributed by atoms with E-state index in [1.807, 2.05) is 0 Å². The van der Waals surface area contributed by atoms with E-state index in [4.69, 9.17) is 16.8 Å². The molecule has 0 spiro atoms. The summed E-state index contributed by atoms with van der Waals surface area (Å²) in [6.45, 7) is 1.31. The zero-order valence-corrected chi connectivity index (χ0v) is 10.3. The van der Waals surface area contributed by atoms with Crippen LogP contribution in [0.2, 0.25) is 5.02 Å². The van der Waals surface area contributed by atoms with Gasteiger partial charge in [-0.3, -0.25) is 9.79 Å². The highest BCUT2D eigenvalue weighted by Crippen LogP contribution is 2.16. The Bertz CT molecular complexity index is 526. The number of benzene rings is 1. The third-order valence-corrected chi connectivity index (χ3v) is 2.88. The van der Waals surface area contributed by atoms with Gasteiger partial charge in [-0.15, -0.1) is 0 Å². The monoisotopic (exact) mass is 265 g/mol. The molecule has 1 aromatic carbocycles. The van der Waals surface area contributed by atoms with Crippen molar-refractivity contribution in [1.29, 1.82) is 0 Å². The maximum atomic E-state index is 12.2. The lowest BCUT2D eigenvalue weighted by Gasteiger charge is -2.14. The van der Waals surface area contributed by atoms with Crippen LogP contribution in [0.3, 0.4) is 0 Å². The van der Waals surface area contributed by atoms with Gasteiger partial charge in [0.1, 0.15) is 0 Å². The molecule has 18 heavy (non-hydrogen) atoms. The minimum absolute atomic E-state index is 0.109. The van der Waals surface area contributed by atoms with Crippen LogP contribution in [-0.4, -0.2) is 35.6 Å². The molecular weight excluding hydrogens is 254 g/mol. The van der Waals surface area contributed by atoms with E-state index in [9.17, 15) is 4.79 Å². The number of rotatable bonds is 3. The van der Waals surface area contributed by atoms with Crippen LogP contribution < -0.4 is 5.32 Å². The smallest absolute Gasteiger partial charge is 0.220 e. The van der Waals surface area contributed by atoms with Gasteiger partial charge in [-0.1, -0.05) is 28.9 Å². The molecule has 1 aliphatic heterocycles. The molecule has 2 N–H and O–H groups in total. The molecule has 1 aromatic rings. The topological polar surface area (TPSA) is 74.0 Å². The van der Waals surface area contributed by atoms with Crippen LogP contribution in [0.25, 0.3) is 0 Å². The fourth-order valence-electron chi connectivity index (χ4n) is 1.66. The maximum Gasteiger partial charge on any atom is 0.220 e. The van der Waals surface area contributed by atoms with Crippen LogP contribution >= 0.6 is 11.6 Å². The van der Waals surface area contributed by atoms with Gasteiger partial charge in [0.2, 0.25) is 5.78 Å². The predicted octanol–water partition coefficient (Wildman–Crippen LogP) is 1.74. The lowest BCUT2D eigenvalue weighted by atomic mass is 10.1. The summed E-state index contributed by atoms with van der Waals surface area (Å²) < 4.78 is 0. The number of aliphatic imine (C=N–C) groups is 1. The molecule has 0 radical (unpaired) electrons. The number of carbonyl (C=O) groups is 1. The Morgan fingerprint density at radius 3 is 2.83 bits per heavy atom. The Hall–Kier alpha value is -1.88. The molecule has 5 nitrogen and oxygen atoms in total. The van der Waals surface area contributed by atoms with Gasteiger partial charge in [-0.2, -0.15) is 0 Å². The number of Topliss-reactive ketones (excluding diaryl/α,β-unsaturated/α-hetero) is 1. The number of hydrogen-bond acceptors (Lipinski definition) is 5. The molecule has 0 bridgehead atoms. The summed E-state index contributed by atoms with van der Waals surface area (Å²) in [6, 6.07) is 6.62. The number of oxime groups is 1. The van der Waals surface area contributed by atoms with Gasteiger partial charge in [0, 0.05) is 18.7 Å². The number of halogens is 1. The average molecular weight is 266 g/mol. The van der Waals surface area contributed by atoms with Crippen LogP contribution in [-0.2, 0) is 0 Å². The van der Waals surface area contributed by atoms with Crippen LogP contribution in [0.4, 0.5) is 0 Å². The SMILES string of the molecule is O=C(/C(=N/O)C1=NCCCN1)c1ccccc1Cl. The first-order chi connectivity index (χ1) is 8.74. The molecule has 94 valence electrons. The van der Waals surface area contributed by atoms with Gasteiger partial charge in [0.15, 0.2) is 11.5 Å². The number of hydrogen-bond donors (Lipinski definition) is 2. The van der Waals surface area contributed by atoms with E-state index in [1.165, 1.54) is 0 Å². The van der Waals surface area contributed by atoms with Crippen LogP contribution in [0.5, 0.6) is 0 Å². The lowest BCUT2D eigenvalue weighted by Crippen LogP contribution is -2.39. The van der Waals surface area contributed by atoms with Crippen molar-refractivity contribution < 1.29 is 10.0 Å². The first kappa shape index (κ1) is 12.6. The Morgan fingerprint density at radius 2 is 2.22 bits per heavy atom. The molecule has 0 fully saturated rings. The molecule has 6 heteroatoms. The zero-order valence-electron chi connectivity index (χ0n) is 9.56. The van der Waals surface area contributed by atoms with E-state index in [1.54, 1.807) is 24.3 Å². The molecule has 1 aliphatic rings. The largest absolute Gasteiger partial charge is 0.410 e. The molecule has 0 unspecified atom stereocenters. The summed E-state index contributed by atoms with van der Waals surface area (Å²) in [5, 5.41) is 15.3. The van der Waals surface area contributed by atoms with E-state index in [0.717, 1.165) is 6.42 Å². The quantitative estimate of drug-likeness (QED) is 0.378. The van der Waals surface area contributed by atoms with Gasteiger partial charge in [0.05, 0.1) is 5.02 Å². The zero-order chi connectivity index (χ0) is 13.0. The van der Waals surface area contributed by atoms with Gasteiger partial charge < -0.3 is 10.5 Å². The van der Waals surface area contributed by atoms with Crippen molar-refractivity contribution in [2.75, 3.05) is 13.1 Å². The number of amidine groups is 1. The number of nitrogens with one attached hydrogen (secondary N) is 1. The van der Waals surface area contributed by atoms with Gasteiger partial charge in [0.25, 0.3) is 0 Å². The summed E-state index contributed by atoms with van der Waals surface area (Å²) in [7, 11) is 0. The highest BCUT2D eigenvalue weighted by molar-refractivity contribution is 6.70. The first-order valence-electron chi connectivity index (χ1n) is 5.54. The van der Waals surface area contributed by atoms with Crippen molar-refractivity contribution in [2.24, 2.45) is 10.1 Å². The molecule has 0 aromatic heterocycles. The second kappa shape index (κ2) is 5.64. The normalized spacial score (nSPS) is 15.8. The van der Waals surface area contributed by atoms with Crippen molar-refractivity contribution >= 4 is 28.9 Å². The Kier molecular flexibility index (Phi) is 3.94. The van der Waals surface area contributed by atoms with Crippen molar-refractivity contribution in [3.05, 3.63) is 34.9 Å². The van der Waals surface area contributed by atoms with Gasteiger partial charge >= 0.3 is 0 Å². The standard InChI is InChI=1S/C12H12ClN3O2/c13-9-5-2-1-4-8(9)11(17)10(16-18)12-14-6-3-7-15-12/h1-2,4-5,18H,3,6-7H2,(H,14,15)/b16-10-. The first-order valence-corrected chi connectivity index (χ1v) is 5.92. The molecule has 0 atom stereocenters. The van der Waals surface area contributed by atoms with E-state index < -0.39 is 5.78 Å². The van der Waals surface area contributed by atoms with Gasteiger partial charge in [-0.25, -0.2) is 0 Å². The number of carbonyl (C=O) groups excluding carboxylic acids is 1. The predicted molar refractivity (Wildman–Crippen MR) is 69.9 cm³/mol. The molecule has 2 rings (SSSR count). The Labute approximate surface area is 109 Å². The van der Waals surface area contributed by atoms with E-state index in [0.29, 0.717) is 29.5 Å². The van der Waals surface area contributed by atoms with Crippen LogP contribution in [0.15, 0.2) is 34.4 Å². The Balaban J connectivity index is 2.32. The third-order valence-electron chi connectivity index (χ3n) is 2.56. The molecular formula is C12H12ClN3O2. The second-order valence-electron chi connectivity index (χ2n) is 3.77. The average Bonchev–Trinajstić information content (AvgIpc) is 2.41. The Morgan fingerprint density at radius 1 is 1.44 bits per heavy atom. The minimum atomic E-state index is -0.448. The summed E-state index contributed by atoms with van der Waals surface area (Å²) >= 11 is 5.94. The minimum Gasteiger partial charge on any atom is -0.410 e. The molecule has 0 saturated carbocycles. The van der Waals surface area contributed by atoms with Crippen LogP contribution in [0, 0.1) is 0 Å².